The van der Waals surface area contributed by atoms with Gasteiger partial charge in [-0.25, -0.2) is 4.79 Å². The fraction of sp³-hybridized carbons (Fsp3) is 0.667. The molecule has 12 heavy (non-hydrogen) atoms. The second-order valence-corrected chi connectivity index (χ2v) is 3.29. The van der Waals surface area contributed by atoms with Gasteiger partial charge in [0.2, 0.25) is 0 Å². The fourth-order valence-corrected chi connectivity index (χ4v) is 0.924. The van der Waals surface area contributed by atoms with Crippen LogP contribution in [-0.2, 0) is 9.53 Å². The Balaban J connectivity index is 2.07. The molecule has 0 unspecified atom stereocenters. The van der Waals surface area contributed by atoms with E-state index >= 15 is 0 Å². The second-order valence-electron chi connectivity index (χ2n) is 3.29. The van der Waals surface area contributed by atoms with Crippen LogP contribution in [0.2, 0.25) is 0 Å². The number of hydrogen-bond donors (Lipinski definition) is 1. The maximum atomic E-state index is 10.2. The SMILES string of the molecule is CC(=CC(=O)O)COCC1CC1. The molecule has 3 heteroatoms. The zero-order chi connectivity index (χ0) is 8.97. The van der Waals surface area contributed by atoms with Crippen molar-refractivity contribution >= 4 is 5.97 Å². The van der Waals surface area contributed by atoms with E-state index in [-0.39, 0.29) is 0 Å². The Morgan fingerprint density at radius 3 is 2.83 bits per heavy atom. The fourth-order valence-electron chi connectivity index (χ4n) is 0.924. The highest BCUT2D eigenvalue weighted by atomic mass is 16.5. The van der Waals surface area contributed by atoms with E-state index < -0.39 is 5.97 Å². The van der Waals surface area contributed by atoms with Crippen LogP contribution in [0.3, 0.4) is 0 Å². The van der Waals surface area contributed by atoms with Crippen LogP contribution in [-0.4, -0.2) is 24.3 Å². The van der Waals surface area contributed by atoms with Crippen LogP contribution in [0.5, 0.6) is 0 Å². The molecule has 1 aliphatic carbocycles. The summed E-state index contributed by atoms with van der Waals surface area (Å²) in [5, 5.41) is 8.37. The lowest BCUT2D eigenvalue weighted by Gasteiger charge is -2.01. The third-order valence-corrected chi connectivity index (χ3v) is 1.75. The Morgan fingerprint density at radius 2 is 2.33 bits per heavy atom. The average Bonchev–Trinajstić information content (AvgIpc) is 2.69. The molecule has 1 fully saturated rings. The first-order valence-corrected chi connectivity index (χ1v) is 4.16. The largest absolute Gasteiger partial charge is 0.478 e. The van der Waals surface area contributed by atoms with E-state index in [4.69, 9.17) is 9.84 Å². The quantitative estimate of drug-likeness (QED) is 0.635. The molecule has 1 aliphatic rings. The van der Waals surface area contributed by atoms with E-state index in [2.05, 4.69) is 0 Å². The van der Waals surface area contributed by atoms with Crippen LogP contribution < -0.4 is 0 Å². The molecule has 0 amide bonds. The van der Waals surface area contributed by atoms with Gasteiger partial charge >= 0.3 is 5.97 Å². The summed E-state index contributed by atoms with van der Waals surface area (Å²) in [6.45, 7) is 2.99. The summed E-state index contributed by atoms with van der Waals surface area (Å²) < 4.78 is 5.29. The Labute approximate surface area is 72.0 Å². The first-order chi connectivity index (χ1) is 5.68. The first-order valence-electron chi connectivity index (χ1n) is 4.16. The highest BCUT2D eigenvalue weighted by Gasteiger charge is 2.20. The van der Waals surface area contributed by atoms with Gasteiger partial charge in [-0.15, -0.1) is 0 Å². The zero-order valence-electron chi connectivity index (χ0n) is 7.25. The van der Waals surface area contributed by atoms with Crippen molar-refractivity contribution in [3.05, 3.63) is 11.6 Å². The number of carbonyl (C=O) groups is 1. The maximum Gasteiger partial charge on any atom is 0.328 e. The monoisotopic (exact) mass is 170 g/mol. The molecule has 0 radical (unpaired) electrons. The second kappa shape index (κ2) is 4.26. The average molecular weight is 170 g/mol. The van der Waals surface area contributed by atoms with E-state index in [0.717, 1.165) is 18.1 Å². The molecular weight excluding hydrogens is 156 g/mol. The van der Waals surface area contributed by atoms with Crippen molar-refractivity contribution in [2.45, 2.75) is 19.8 Å². The molecule has 0 saturated heterocycles. The normalized spacial score (nSPS) is 17.9. The number of hydrogen-bond acceptors (Lipinski definition) is 2. The van der Waals surface area contributed by atoms with Gasteiger partial charge in [-0.3, -0.25) is 0 Å². The summed E-state index contributed by atoms with van der Waals surface area (Å²) in [5.74, 6) is -0.162. The number of aliphatic carboxylic acids is 1. The van der Waals surface area contributed by atoms with E-state index in [1.54, 1.807) is 6.92 Å². The molecule has 0 atom stereocenters. The number of rotatable bonds is 5. The van der Waals surface area contributed by atoms with Crippen LogP contribution in [0.1, 0.15) is 19.8 Å². The molecule has 0 heterocycles. The Kier molecular flexibility index (Phi) is 3.29. The van der Waals surface area contributed by atoms with Gasteiger partial charge in [0, 0.05) is 12.7 Å². The molecule has 3 nitrogen and oxygen atoms in total. The molecule has 68 valence electrons. The summed E-state index contributed by atoms with van der Waals surface area (Å²) in [6.07, 6.45) is 3.72. The van der Waals surface area contributed by atoms with Crippen molar-refractivity contribution in [1.29, 1.82) is 0 Å². The van der Waals surface area contributed by atoms with Gasteiger partial charge in [-0.05, 0) is 31.3 Å². The minimum Gasteiger partial charge on any atom is -0.478 e. The van der Waals surface area contributed by atoms with E-state index in [1.807, 2.05) is 0 Å². The van der Waals surface area contributed by atoms with Crippen molar-refractivity contribution in [3.8, 4) is 0 Å². The van der Waals surface area contributed by atoms with Gasteiger partial charge in [0.25, 0.3) is 0 Å². The molecule has 0 aromatic heterocycles. The molecule has 0 aliphatic heterocycles. The summed E-state index contributed by atoms with van der Waals surface area (Å²) >= 11 is 0. The smallest absolute Gasteiger partial charge is 0.328 e. The summed E-state index contributed by atoms with van der Waals surface area (Å²) in [6, 6.07) is 0. The van der Waals surface area contributed by atoms with Crippen LogP contribution in [0, 0.1) is 5.92 Å². The van der Waals surface area contributed by atoms with Crippen molar-refractivity contribution in [2.75, 3.05) is 13.2 Å². The van der Waals surface area contributed by atoms with Gasteiger partial charge in [-0.2, -0.15) is 0 Å². The molecule has 0 bridgehead atoms. The number of carboxylic acids is 1. The van der Waals surface area contributed by atoms with Crippen LogP contribution in [0.25, 0.3) is 0 Å². The van der Waals surface area contributed by atoms with Crippen LogP contribution in [0.15, 0.2) is 11.6 Å². The predicted octanol–water partition coefficient (Wildman–Crippen LogP) is 1.44. The summed E-state index contributed by atoms with van der Waals surface area (Å²) in [5.41, 5.74) is 0.767. The predicted molar refractivity (Wildman–Crippen MR) is 44.9 cm³/mol. The van der Waals surface area contributed by atoms with Gasteiger partial charge in [0.1, 0.15) is 0 Å². The first kappa shape index (κ1) is 9.26. The number of carboxylic acid groups (broad SMARTS) is 1. The van der Waals surface area contributed by atoms with Crippen molar-refractivity contribution < 1.29 is 14.6 Å². The highest BCUT2D eigenvalue weighted by molar-refractivity contribution is 5.80. The lowest BCUT2D eigenvalue weighted by atomic mass is 10.3. The Morgan fingerprint density at radius 1 is 1.67 bits per heavy atom. The molecule has 1 rings (SSSR count). The van der Waals surface area contributed by atoms with Gasteiger partial charge in [0.05, 0.1) is 6.61 Å². The topological polar surface area (TPSA) is 46.5 Å². The Hall–Kier alpha value is -0.830. The Bertz CT molecular complexity index is 192. The minimum absolute atomic E-state index is 0.447. The summed E-state index contributed by atoms with van der Waals surface area (Å²) in [7, 11) is 0. The third kappa shape index (κ3) is 4.13. The van der Waals surface area contributed by atoms with E-state index in [9.17, 15) is 4.79 Å². The lowest BCUT2D eigenvalue weighted by molar-refractivity contribution is -0.131. The maximum absolute atomic E-state index is 10.2. The lowest BCUT2D eigenvalue weighted by Crippen LogP contribution is -2.01. The zero-order valence-corrected chi connectivity index (χ0v) is 7.25. The van der Waals surface area contributed by atoms with Crippen molar-refractivity contribution in [1.82, 2.24) is 0 Å². The summed E-state index contributed by atoms with van der Waals surface area (Å²) in [4.78, 5) is 10.2. The minimum atomic E-state index is -0.900. The van der Waals surface area contributed by atoms with Crippen molar-refractivity contribution in [2.24, 2.45) is 5.92 Å². The highest BCUT2D eigenvalue weighted by Crippen LogP contribution is 2.28. The molecule has 0 spiro atoms. The third-order valence-electron chi connectivity index (χ3n) is 1.75. The molecule has 0 aromatic rings. The molecule has 1 N–H and O–H groups in total. The van der Waals surface area contributed by atoms with E-state index in [0.29, 0.717) is 6.61 Å². The van der Waals surface area contributed by atoms with Gasteiger partial charge < -0.3 is 9.84 Å². The van der Waals surface area contributed by atoms with Crippen molar-refractivity contribution in [3.63, 3.8) is 0 Å². The standard InChI is InChI=1S/C9H14O3/c1-7(4-9(10)11)5-12-6-8-2-3-8/h4,8H,2-3,5-6H2,1H3,(H,10,11). The number of ether oxygens (including phenoxy) is 1. The molecule has 1 saturated carbocycles. The van der Waals surface area contributed by atoms with Crippen LogP contribution in [0.4, 0.5) is 0 Å². The van der Waals surface area contributed by atoms with Gasteiger partial charge in [-0.1, -0.05) is 0 Å². The van der Waals surface area contributed by atoms with Crippen LogP contribution >= 0.6 is 0 Å². The molecule has 0 aromatic carbocycles. The molecular formula is C9H14O3. The van der Waals surface area contributed by atoms with E-state index in [1.165, 1.54) is 18.9 Å². The van der Waals surface area contributed by atoms with Gasteiger partial charge in [0.15, 0.2) is 0 Å².